The van der Waals surface area contributed by atoms with Gasteiger partial charge in [-0.3, -0.25) is 14.5 Å². The van der Waals surface area contributed by atoms with Gasteiger partial charge < -0.3 is 15.4 Å². The van der Waals surface area contributed by atoms with Crippen molar-refractivity contribution in [3.8, 4) is 0 Å². The molecule has 7 heteroatoms. The maximum atomic E-state index is 12.7. The molecule has 2 aromatic rings. The number of ether oxygens (including phenoxy) is 1. The topological polar surface area (TPSA) is 70.7 Å². The highest BCUT2D eigenvalue weighted by atomic mass is 32.2. The number of benzene rings is 2. The standard InChI is InChI=1S/C25H29N3O3S/c1-18-23(32-16-15-31-18)25(30)27-21-9-7-20(8-10-21)24(29)26-22-11-13-28(14-12-22)17-19-5-3-2-4-6-19/h2-10,22H,11-17H2,1H3,(H,26,29)(H,27,30). The Morgan fingerprint density at radius 3 is 2.44 bits per heavy atom. The van der Waals surface area contributed by atoms with Crippen molar-refractivity contribution in [2.24, 2.45) is 0 Å². The summed E-state index contributed by atoms with van der Waals surface area (Å²) in [5.74, 6) is 1.18. The molecule has 0 saturated carbocycles. The summed E-state index contributed by atoms with van der Waals surface area (Å²) in [5, 5.41) is 6.04. The van der Waals surface area contributed by atoms with Crippen LogP contribution < -0.4 is 10.6 Å². The number of allylic oxidation sites excluding steroid dienone is 1. The lowest BCUT2D eigenvalue weighted by Crippen LogP contribution is -2.44. The van der Waals surface area contributed by atoms with Crippen LogP contribution >= 0.6 is 11.8 Å². The molecule has 2 heterocycles. The highest BCUT2D eigenvalue weighted by Gasteiger charge is 2.22. The number of hydrogen-bond acceptors (Lipinski definition) is 5. The number of carbonyl (C=O) groups excluding carboxylic acids is 2. The third kappa shape index (κ3) is 5.93. The number of anilines is 1. The number of nitrogens with zero attached hydrogens (tertiary/aromatic N) is 1. The second kappa shape index (κ2) is 10.7. The van der Waals surface area contributed by atoms with Crippen LogP contribution in [0.1, 0.15) is 35.7 Å². The molecule has 4 rings (SSSR count). The van der Waals surface area contributed by atoms with Crippen LogP contribution in [-0.2, 0) is 16.1 Å². The van der Waals surface area contributed by atoms with E-state index >= 15 is 0 Å². The second-order valence-corrected chi connectivity index (χ2v) is 9.23. The third-order valence-electron chi connectivity index (χ3n) is 5.75. The molecule has 0 aliphatic carbocycles. The average molecular weight is 452 g/mol. The lowest BCUT2D eigenvalue weighted by Gasteiger charge is -2.32. The Morgan fingerprint density at radius 1 is 1.03 bits per heavy atom. The van der Waals surface area contributed by atoms with Crippen molar-refractivity contribution in [3.63, 3.8) is 0 Å². The first-order valence-electron chi connectivity index (χ1n) is 11.0. The number of rotatable bonds is 6. The minimum atomic E-state index is -0.174. The van der Waals surface area contributed by atoms with Crippen LogP contribution in [-0.4, -0.2) is 48.2 Å². The molecular weight excluding hydrogens is 422 g/mol. The van der Waals surface area contributed by atoms with Crippen molar-refractivity contribution in [2.45, 2.75) is 32.4 Å². The molecule has 0 unspecified atom stereocenters. The summed E-state index contributed by atoms with van der Waals surface area (Å²) in [6, 6.07) is 17.7. The first-order valence-corrected chi connectivity index (χ1v) is 12.0. The minimum Gasteiger partial charge on any atom is -0.496 e. The highest BCUT2D eigenvalue weighted by molar-refractivity contribution is 8.04. The van der Waals surface area contributed by atoms with E-state index in [4.69, 9.17) is 4.74 Å². The van der Waals surface area contributed by atoms with Gasteiger partial charge in [-0.05, 0) is 49.6 Å². The molecule has 6 nitrogen and oxygen atoms in total. The Hall–Kier alpha value is -2.77. The largest absolute Gasteiger partial charge is 0.496 e. The molecule has 0 spiro atoms. The van der Waals surface area contributed by atoms with E-state index < -0.39 is 0 Å². The fourth-order valence-corrected chi connectivity index (χ4v) is 4.78. The van der Waals surface area contributed by atoms with Gasteiger partial charge in [0.15, 0.2) is 0 Å². The maximum Gasteiger partial charge on any atom is 0.265 e. The fourth-order valence-electron chi connectivity index (χ4n) is 3.97. The minimum absolute atomic E-state index is 0.0702. The molecule has 2 aliphatic rings. The zero-order valence-corrected chi connectivity index (χ0v) is 19.1. The molecule has 32 heavy (non-hydrogen) atoms. The molecule has 2 aliphatic heterocycles. The van der Waals surface area contributed by atoms with Crippen molar-refractivity contribution >= 4 is 29.3 Å². The predicted molar refractivity (Wildman–Crippen MR) is 128 cm³/mol. The van der Waals surface area contributed by atoms with E-state index in [1.807, 2.05) is 6.07 Å². The monoisotopic (exact) mass is 451 g/mol. The van der Waals surface area contributed by atoms with Crippen LogP contribution in [0.3, 0.4) is 0 Å². The highest BCUT2D eigenvalue weighted by Crippen LogP contribution is 2.26. The molecule has 0 aromatic heterocycles. The van der Waals surface area contributed by atoms with Crippen molar-refractivity contribution in [1.82, 2.24) is 10.2 Å². The Bertz CT molecular complexity index is 968. The summed E-state index contributed by atoms with van der Waals surface area (Å²) in [6.07, 6.45) is 1.89. The molecule has 0 radical (unpaired) electrons. The quantitative estimate of drug-likeness (QED) is 0.694. The summed E-state index contributed by atoms with van der Waals surface area (Å²) in [5.41, 5.74) is 2.58. The lowest BCUT2D eigenvalue weighted by atomic mass is 10.0. The van der Waals surface area contributed by atoms with E-state index in [1.165, 1.54) is 17.3 Å². The summed E-state index contributed by atoms with van der Waals surface area (Å²) in [4.78, 5) is 28.2. The van der Waals surface area contributed by atoms with Gasteiger partial charge >= 0.3 is 0 Å². The number of amides is 2. The Labute approximate surface area is 193 Å². The summed E-state index contributed by atoms with van der Waals surface area (Å²) in [6.45, 7) is 5.34. The average Bonchev–Trinajstić information content (AvgIpc) is 2.82. The van der Waals surface area contributed by atoms with E-state index in [9.17, 15) is 9.59 Å². The number of hydrogen-bond donors (Lipinski definition) is 2. The van der Waals surface area contributed by atoms with Crippen LogP contribution in [0.25, 0.3) is 0 Å². The number of likely N-dealkylation sites (tertiary alicyclic amines) is 1. The van der Waals surface area contributed by atoms with E-state index in [2.05, 4.69) is 39.8 Å². The molecule has 2 aromatic carbocycles. The number of thioether (sulfide) groups is 1. The van der Waals surface area contributed by atoms with Crippen LogP contribution in [0.5, 0.6) is 0 Å². The molecule has 2 N–H and O–H groups in total. The zero-order chi connectivity index (χ0) is 22.3. The Morgan fingerprint density at radius 2 is 1.75 bits per heavy atom. The van der Waals surface area contributed by atoms with Gasteiger partial charge in [0.1, 0.15) is 10.7 Å². The fraction of sp³-hybridized carbons (Fsp3) is 0.360. The van der Waals surface area contributed by atoms with Crippen molar-refractivity contribution in [1.29, 1.82) is 0 Å². The molecular formula is C25H29N3O3S. The van der Waals surface area contributed by atoms with Crippen molar-refractivity contribution in [2.75, 3.05) is 30.8 Å². The number of piperidine rings is 1. The first-order chi connectivity index (χ1) is 15.6. The summed E-state index contributed by atoms with van der Waals surface area (Å²) < 4.78 is 5.45. The molecule has 1 fully saturated rings. The predicted octanol–water partition coefficient (Wildman–Crippen LogP) is 4.01. The van der Waals surface area contributed by atoms with E-state index in [-0.39, 0.29) is 17.9 Å². The van der Waals surface area contributed by atoms with Crippen LogP contribution in [0.2, 0.25) is 0 Å². The van der Waals surface area contributed by atoms with E-state index in [0.29, 0.717) is 28.5 Å². The van der Waals surface area contributed by atoms with E-state index in [0.717, 1.165) is 38.2 Å². The Kier molecular flexibility index (Phi) is 7.50. The normalized spacial score (nSPS) is 17.5. The molecule has 2 amide bonds. The van der Waals surface area contributed by atoms with Gasteiger partial charge in [0.25, 0.3) is 11.8 Å². The summed E-state index contributed by atoms with van der Waals surface area (Å²) >= 11 is 1.50. The van der Waals surface area contributed by atoms with Crippen molar-refractivity contribution < 1.29 is 14.3 Å². The van der Waals surface area contributed by atoms with Crippen LogP contribution in [0.15, 0.2) is 65.3 Å². The van der Waals surface area contributed by atoms with Crippen molar-refractivity contribution in [3.05, 3.63) is 76.4 Å². The SMILES string of the molecule is CC1=C(C(=O)Nc2ccc(C(=O)NC3CCN(Cc4ccccc4)CC3)cc2)SCCO1. The number of nitrogens with one attached hydrogen (secondary N) is 2. The molecule has 0 bridgehead atoms. The van der Waals surface area contributed by atoms with Gasteiger partial charge in [0.05, 0.1) is 6.61 Å². The van der Waals surface area contributed by atoms with E-state index in [1.54, 1.807) is 31.2 Å². The van der Waals surface area contributed by atoms with Gasteiger partial charge in [-0.2, -0.15) is 0 Å². The van der Waals surface area contributed by atoms with Gasteiger partial charge in [0.2, 0.25) is 0 Å². The van der Waals surface area contributed by atoms with Gasteiger partial charge in [0, 0.05) is 42.7 Å². The molecule has 0 atom stereocenters. The molecule has 1 saturated heterocycles. The van der Waals surface area contributed by atoms with Gasteiger partial charge in [-0.25, -0.2) is 0 Å². The van der Waals surface area contributed by atoms with Gasteiger partial charge in [-0.15, -0.1) is 11.8 Å². The number of carbonyl (C=O) groups is 2. The van der Waals surface area contributed by atoms with Crippen LogP contribution in [0.4, 0.5) is 5.69 Å². The van der Waals surface area contributed by atoms with Gasteiger partial charge in [-0.1, -0.05) is 30.3 Å². The molecule has 168 valence electrons. The third-order valence-corrected chi connectivity index (χ3v) is 6.88. The van der Waals surface area contributed by atoms with Crippen LogP contribution in [0, 0.1) is 0 Å². The lowest BCUT2D eigenvalue weighted by molar-refractivity contribution is -0.112. The maximum absolute atomic E-state index is 12.7. The second-order valence-electron chi connectivity index (χ2n) is 8.12. The smallest absolute Gasteiger partial charge is 0.265 e. The Balaban J connectivity index is 1.25. The first kappa shape index (κ1) is 22.4. The summed E-state index contributed by atoms with van der Waals surface area (Å²) in [7, 11) is 0. The zero-order valence-electron chi connectivity index (χ0n) is 18.3.